The molecule has 1 unspecified atom stereocenters. The number of halogens is 1. The molecule has 1 saturated heterocycles. The molecule has 0 aromatic carbocycles. The summed E-state index contributed by atoms with van der Waals surface area (Å²) in [5, 5.41) is 2.91. The van der Waals surface area contributed by atoms with Gasteiger partial charge in [0.25, 0.3) is 0 Å². The van der Waals surface area contributed by atoms with Crippen LogP contribution in [0.5, 0.6) is 0 Å². The summed E-state index contributed by atoms with van der Waals surface area (Å²) < 4.78 is 0.844. The molecule has 2 rings (SSSR count). The van der Waals surface area contributed by atoms with Crippen molar-refractivity contribution >= 4 is 28.6 Å². The van der Waals surface area contributed by atoms with E-state index in [1.165, 1.54) is 0 Å². The number of nitrogens with one attached hydrogen (secondary N) is 1. The lowest BCUT2D eigenvalue weighted by Gasteiger charge is -2.30. The molecule has 1 aliphatic heterocycles. The Balaban J connectivity index is 2.35. The van der Waals surface area contributed by atoms with Gasteiger partial charge in [-0.25, -0.2) is 9.78 Å². The van der Waals surface area contributed by atoms with Crippen LogP contribution in [0.25, 0.3) is 0 Å². The summed E-state index contributed by atoms with van der Waals surface area (Å²) in [5.74, 6) is 0. The lowest BCUT2D eigenvalue weighted by molar-refractivity contribution is 0.187. The van der Waals surface area contributed by atoms with Crippen LogP contribution in [0.3, 0.4) is 0 Å². The number of carbonyl (C=O) groups is 1. The van der Waals surface area contributed by atoms with Crippen molar-refractivity contribution in [2.45, 2.75) is 25.4 Å². The van der Waals surface area contributed by atoms with Gasteiger partial charge < -0.3 is 10.2 Å². The van der Waals surface area contributed by atoms with Crippen LogP contribution in [0.4, 0.5) is 4.79 Å². The van der Waals surface area contributed by atoms with Gasteiger partial charge in [-0.15, -0.1) is 0 Å². The van der Waals surface area contributed by atoms with Gasteiger partial charge >= 0.3 is 6.03 Å². The summed E-state index contributed by atoms with van der Waals surface area (Å²) in [7, 11) is 1.79. The van der Waals surface area contributed by atoms with E-state index in [0.29, 0.717) is 0 Å². The van der Waals surface area contributed by atoms with Crippen molar-refractivity contribution in [3.8, 4) is 0 Å². The number of rotatable bonds is 1. The second-order valence-electron chi connectivity index (χ2n) is 4.36. The number of urea groups is 1. The average Bonchev–Trinajstić information content (AvgIpc) is 2.44. The molecule has 16 heavy (non-hydrogen) atoms. The first-order chi connectivity index (χ1) is 7.43. The number of carbonyl (C=O) groups excluding carboxylic acids is 1. The number of amides is 2. The highest BCUT2D eigenvalue weighted by molar-refractivity contribution is 14.1. The molecule has 1 N–H and O–H groups in total. The van der Waals surface area contributed by atoms with E-state index in [-0.39, 0.29) is 17.6 Å². The molecular formula is C10H13IN4O. The largest absolute Gasteiger partial charge is 0.327 e. The second-order valence-corrected chi connectivity index (χ2v) is 5.46. The first-order valence-corrected chi connectivity index (χ1v) is 6.02. The van der Waals surface area contributed by atoms with Crippen LogP contribution < -0.4 is 5.32 Å². The third-order valence-electron chi connectivity index (χ3n) is 3.08. The average molecular weight is 332 g/mol. The van der Waals surface area contributed by atoms with Crippen molar-refractivity contribution in [3.05, 3.63) is 21.8 Å². The van der Waals surface area contributed by atoms with Gasteiger partial charge in [-0.3, -0.25) is 4.98 Å². The van der Waals surface area contributed by atoms with Crippen LogP contribution in [0.1, 0.15) is 25.6 Å². The molecule has 1 fully saturated rings. The van der Waals surface area contributed by atoms with E-state index >= 15 is 0 Å². The third-order valence-corrected chi connectivity index (χ3v) is 3.64. The van der Waals surface area contributed by atoms with Crippen LogP contribution in [-0.4, -0.2) is 33.5 Å². The Morgan fingerprint density at radius 1 is 1.44 bits per heavy atom. The van der Waals surface area contributed by atoms with Gasteiger partial charge in [-0.1, -0.05) is 0 Å². The summed E-state index contributed by atoms with van der Waals surface area (Å²) in [4.78, 5) is 21.8. The predicted molar refractivity (Wildman–Crippen MR) is 67.9 cm³/mol. The van der Waals surface area contributed by atoms with Crippen LogP contribution in [0.2, 0.25) is 0 Å². The van der Waals surface area contributed by atoms with E-state index in [2.05, 4.69) is 37.9 Å². The van der Waals surface area contributed by atoms with Gasteiger partial charge in [0, 0.05) is 7.05 Å². The number of likely N-dealkylation sites (N-methyl/N-ethyl adjacent to an activating group) is 1. The first-order valence-electron chi connectivity index (χ1n) is 4.94. The summed E-state index contributed by atoms with van der Waals surface area (Å²) in [6, 6.07) is -0.190. The maximum absolute atomic E-state index is 11.6. The molecule has 5 nitrogen and oxygen atoms in total. The van der Waals surface area contributed by atoms with E-state index in [4.69, 9.17) is 0 Å². The van der Waals surface area contributed by atoms with E-state index in [1.807, 2.05) is 13.8 Å². The SMILES string of the molecule is CN1C(=O)NC(c2cnc(I)cn2)C1(C)C. The molecule has 2 heterocycles. The third kappa shape index (κ3) is 1.74. The highest BCUT2D eigenvalue weighted by Crippen LogP contribution is 2.33. The zero-order valence-electron chi connectivity index (χ0n) is 9.36. The molecule has 0 aliphatic carbocycles. The molecule has 1 aromatic rings. The molecule has 0 radical (unpaired) electrons. The van der Waals surface area contributed by atoms with Gasteiger partial charge in [0.05, 0.1) is 29.7 Å². The predicted octanol–water partition coefficient (Wildman–Crippen LogP) is 1.56. The van der Waals surface area contributed by atoms with Gasteiger partial charge in [0.1, 0.15) is 3.70 Å². The smallest absolute Gasteiger partial charge is 0.318 e. The maximum Gasteiger partial charge on any atom is 0.318 e. The van der Waals surface area contributed by atoms with Gasteiger partial charge in [-0.2, -0.15) is 0 Å². The van der Waals surface area contributed by atoms with E-state index in [1.54, 1.807) is 24.3 Å². The van der Waals surface area contributed by atoms with Crippen molar-refractivity contribution in [2.24, 2.45) is 0 Å². The Hall–Kier alpha value is -0.920. The van der Waals surface area contributed by atoms with Crippen molar-refractivity contribution in [3.63, 3.8) is 0 Å². The molecule has 86 valence electrons. The fourth-order valence-corrected chi connectivity index (χ4v) is 2.04. The monoisotopic (exact) mass is 332 g/mol. The zero-order chi connectivity index (χ0) is 11.9. The Bertz CT molecular complexity index is 417. The molecule has 6 heteroatoms. The molecule has 0 bridgehead atoms. The molecule has 1 aliphatic rings. The summed E-state index contributed by atoms with van der Waals surface area (Å²) >= 11 is 2.11. The van der Waals surface area contributed by atoms with Gasteiger partial charge in [-0.05, 0) is 36.4 Å². The maximum atomic E-state index is 11.6. The van der Waals surface area contributed by atoms with Crippen LogP contribution in [-0.2, 0) is 0 Å². The Morgan fingerprint density at radius 3 is 2.56 bits per heavy atom. The normalized spacial score (nSPS) is 23.4. The number of hydrogen-bond acceptors (Lipinski definition) is 3. The van der Waals surface area contributed by atoms with Crippen molar-refractivity contribution in [1.29, 1.82) is 0 Å². The van der Waals surface area contributed by atoms with Gasteiger partial charge in [0.15, 0.2) is 0 Å². The Kier molecular flexibility index (Phi) is 2.77. The van der Waals surface area contributed by atoms with E-state index in [9.17, 15) is 4.79 Å². The molecule has 0 saturated carbocycles. The van der Waals surface area contributed by atoms with Crippen LogP contribution in [0.15, 0.2) is 12.4 Å². The number of nitrogens with zero attached hydrogens (tertiary/aromatic N) is 3. The van der Waals surface area contributed by atoms with Crippen LogP contribution >= 0.6 is 22.6 Å². The standard InChI is InChI=1S/C10H13IN4O/c1-10(2)8(14-9(16)15(10)3)6-4-13-7(11)5-12-6/h4-5,8H,1-3H3,(H,14,16). The Labute approximate surface area is 108 Å². The van der Waals surface area contributed by atoms with Gasteiger partial charge in [0.2, 0.25) is 0 Å². The van der Waals surface area contributed by atoms with Crippen molar-refractivity contribution < 1.29 is 4.79 Å². The zero-order valence-corrected chi connectivity index (χ0v) is 11.5. The quantitative estimate of drug-likeness (QED) is 0.794. The number of aromatic nitrogens is 2. The van der Waals surface area contributed by atoms with E-state index < -0.39 is 0 Å². The minimum absolute atomic E-state index is 0.0737. The first kappa shape index (κ1) is 11.6. The lowest BCUT2D eigenvalue weighted by Crippen LogP contribution is -2.40. The molecule has 1 aromatic heterocycles. The summed E-state index contributed by atoms with van der Waals surface area (Å²) in [6.45, 7) is 4.02. The second kappa shape index (κ2) is 3.83. The summed E-state index contributed by atoms with van der Waals surface area (Å²) in [5.41, 5.74) is 0.501. The van der Waals surface area contributed by atoms with Crippen LogP contribution in [0, 0.1) is 3.70 Å². The molecular weight excluding hydrogens is 319 g/mol. The molecule has 0 spiro atoms. The minimum atomic E-state index is -0.293. The minimum Gasteiger partial charge on any atom is -0.327 e. The Morgan fingerprint density at radius 2 is 2.12 bits per heavy atom. The topological polar surface area (TPSA) is 58.1 Å². The number of hydrogen-bond donors (Lipinski definition) is 1. The fourth-order valence-electron chi connectivity index (χ4n) is 1.76. The fraction of sp³-hybridized carbons (Fsp3) is 0.500. The van der Waals surface area contributed by atoms with Crippen molar-refractivity contribution in [1.82, 2.24) is 20.2 Å². The van der Waals surface area contributed by atoms with E-state index in [0.717, 1.165) is 9.39 Å². The van der Waals surface area contributed by atoms with Crippen molar-refractivity contribution in [2.75, 3.05) is 7.05 Å². The highest BCUT2D eigenvalue weighted by Gasteiger charge is 2.45. The summed E-state index contributed by atoms with van der Waals surface area (Å²) in [6.07, 6.45) is 3.42. The molecule has 1 atom stereocenters. The molecule has 2 amide bonds. The lowest BCUT2D eigenvalue weighted by atomic mass is 9.93. The highest BCUT2D eigenvalue weighted by atomic mass is 127.